The van der Waals surface area contributed by atoms with Gasteiger partial charge in [0.25, 0.3) is 0 Å². The number of anilines is 1. The van der Waals surface area contributed by atoms with Gasteiger partial charge >= 0.3 is 0 Å². The van der Waals surface area contributed by atoms with Gasteiger partial charge in [-0.25, -0.2) is 4.39 Å². The number of nitrogens with zero attached hydrogens (tertiary/aromatic N) is 1. The quantitative estimate of drug-likeness (QED) is 0.778. The first kappa shape index (κ1) is 11.6. The van der Waals surface area contributed by atoms with E-state index >= 15 is 0 Å². The predicted octanol–water partition coefficient (Wildman–Crippen LogP) is 3.78. The number of hydrogen-bond donors (Lipinski definition) is 1. The zero-order chi connectivity index (χ0) is 12.7. The Hall–Kier alpha value is -1.43. The van der Waals surface area contributed by atoms with Crippen LogP contribution in [0.3, 0.4) is 0 Å². The molecule has 0 saturated heterocycles. The van der Waals surface area contributed by atoms with Crippen molar-refractivity contribution >= 4 is 34.1 Å². The van der Waals surface area contributed by atoms with Crippen molar-refractivity contribution in [1.29, 1.82) is 5.41 Å². The molecule has 1 N–H and O–H groups in total. The third kappa shape index (κ3) is 1.80. The predicted molar refractivity (Wildman–Crippen MR) is 78.6 cm³/mol. The lowest BCUT2D eigenvalue weighted by atomic mass is 10.1. The molecule has 0 spiro atoms. The van der Waals surface area contributed by atoms with E-state index in [1.165, 1.54) is 12.1 Å². The molecule has 90 valence electrons. The molecular formula is C14H10FIN2. The van der Waals surface area contributed by atoms with E-state index in [2.05, 4.69) is 22.6 Å². The number of hydrogen-bond acceptors (Lipinski definition) is 1. The Bertz CT molecular complexity index is 639. The highest BCUT2D eigenvalue weighted by molar-refractivity contribution is 14.1. The second-order valence-electron chi connectivity index (χ2n) is 4.19. The Morgan fingerprint density at radius 3 is 2.72 bits per heavy atom. The highest BCUT2D eigenvalue weighted by atomic mass is 127. The van der Waals surface area contributed by atoms with Gasteiger partial charge < -0.3 is 4.90 Å². The second-order valence-corrected chi connectivity index (χ2v) is 5.35. The van der Waals surface area contributed by atoms with Crippen molar-refractivity contribution in [3.63, 3.8) is 0 Å². The van der Waals surface area contributed by atoms with Gasteiger partial charge in [-0.1, -0.05) is 18.2 Å². The molecule has 0 fully saturated rings. The number of nitrogens with one attached hydrogen (secondary N) is 1. The van der Waals surface area contributed by atoms with Crippen molar-refractivity contribution in [2.45, 2.75) is 6.54 Å². The van der Waals surface area contributed by atoms with Gasteiger partial charge in [-0.15, -0.1) is 0 Å². The number of fused-ring (bicyclic) bond motifs is 1. The Balaban J connectivity index is 2.05. The molecule has 1 aliphatic heterocycles. The molecule has 0 aromatic heterocycles. The van der Waals surface area contributed by atoms with Crippen LogP contribution < -0.4 is 4.90 Å². The van der Waals surface area contributed by atoms with E-state index in [0.29, 0.717) is 17.9 Å². The smallest absolute Gasteiger partial charge is 0.133 e. The first-order valence-corrected chi connectivity index (χ1v) is 6.64. The van der Waals surface area contributed by atoms with Crippen molar-refractivity contribution in [3.8, 4) is 0 Å². The average molecular weight is 352 g/mol. The summed E-state index contributed by atoms with van der Waals surface area (Å²) < 4.78 is 14.3. The van der Waals surface area contributed by atoms with Crippen LogP contribution in [0.4, 0.5) is 10.1 Å². The number of amidine groups is 1. The highest BCUT2D eigenvalue weighted by Crippen LogP contribution is 2.31. The lowest BCUT2D eigenvalue weighted by Crippen LogP contribution is -2.23. The van der Waals surface area contributed by atoms with Crippen LogP contribution >= 0.6 is 22.6 Å². The molecule has 18 heavy (non-hydrogen) atoms. The van der Waals surface area contributed by atoms with Crippen molar-refractivity contribution in [2.24, 2.45) is 0 Å². The molecule has 2 nitrogen and oxygen atoms in total. The van der Waals surface area contributed by atoms with Gasteiger partial charge in [0.2, 0.25) is 0 Å². The summed E-state index contributed by atoms with van der Waals surface area (Å²) in [4.78, 5) is 1.91. The molecule has 0 unspecified atom stereocenters. The van der Waals surface area contributed by atoms with Crippen LogP contribution in [-0.2, 0) is 6.54 Å². The Labute approximate surface area is 118 Å². The van der Waals surface area contributed by atoms with Crippen molar-refractivity contribution in [3.05, 3.63) is 63.0 Å². The van der Waals surface area contributed by atoms with Crippen molar-refractivity contribution in [1.82, 2.24) is 0 Å². The minimum Gasteiger partial charge on any atom is -0.321 e. The maximum absolute atomic E-state index is 13.2. The maximum Gasteiger partial charge on any atom is 0.133 e. The molecule has 1 heterocycles. The summed E-state index contributed by atoms with van der Waals surface area (Å²) in [5.74, 6) is 0.0803. The molecule has 0 radical (unpaired) electrons. The third-order valence-corrected chi connectivity index (χ3v) is 3.98. The summed E-state index contributed by atoms with van der Waals surface area (Å²) in [6.45, 7) is 0.633. The van der Waals surface area contributed by atoms with Crippen molar-refractivity contribution < 1.29 is 4.39 Å². The molecular weight excluding hydrogens is 342 g/mol. The minimum atomic E-state index is -0.289. The van der Waals surface area contributed by atoms with E-state index in [4.69, 9.17) is 5.41 Å². The van der Waals surface area contributed by atoms with E-state index in [1.54, 1.807) is 6.07 Å². The fraction of sp³-hybridized carbons (Fsp3) is 0.0714. The lowest BCUT2D eigenvalue weighted by molar-refractivity contribution is 0.627. The second kappa shape index (κ2) is 4.35. The van der Waals surface area contributed by atoms with Gasteiger partial charge in [-0.05, 0) is 52.4 Å². The zero-order valence-electron chi connectivity index (χ0n) is 9.45. The molecule has 0 atom stereocenters. The summed E-state index contributed by atoms with van der Waals surface area (Å²) in [5, 5.41) is 8.17. The van der Waals surface area contributed by atoms with Gasteiger partial charge in [0.15, 0.2) is 0 Å². The van der Waals surface area contributed by atoms with Crippen LogP contribution in [0.2, 0.25) is 0 Å². The summed E-state index contributed by atoms with van der Waals surface area (Å²) in [7, 11) is 0. The van der Waals surface area contributed by atoms with Crippen LogP contribution in [0.15, 0.2) is 42.5 Å². The van der Waals surface area contributed by atoms with Gasteiger partial charge in [0.05, 0.1) is 12.2 Å². The summed E-state index contributed by atoms with van der Waals surface area (Å²) >= 11 is 2.25. The Morgan fingerprint density at radius 2 is 1.94 bits per heavy atom. The third-order valence-electron chi connectivity index (χ3n) is 3.07. The number of rotatable bonds is 1. The summed E-state index contributed by atoms with van der Waals surface area (Å²) in [6, 6.07) is 12.6. The molecule has 0 aliphatic carbocycles. The molecule has 0 bridgehead atoms. The molecule has 3 rings (SSSR count). The van der Waals surface area contributed by atoms with Gasteiger partial charge in [0, 0.05) is 9.13 Å². The molecule has 4 heteroatoms. The van der Waals surface area contributed by atoms with E-state index in [9.17, 15) is 4.39 Å². The Morgan fingerprint density at radius 1 is 1.17 bits per heavy atom. The molecule has 0 amide bonds. The SMILES string of the molecule is N=C1c2cc(F)ccc2CN1c1ccccc1I. The maximum atomic E-state index is 13.2. The van der Waals surface area contributed by atoms with E-state index in [-0.39, 0.29) is 5.82 Å². The van der Waals surface area contributed by atoms with Gasteiger partial charge in [-0.2, -0.15) is 0 Å². The molecule has 2 aromatic rings. The van der Waals surface area contributed by atoms with Crippen molar-refractivity contribution in [2.75, 3.05) is 4.90 Å². The van der Waals surface area contributed by atoms with Crippen LogP contribution in [-0.4, -0.2) is 5.84 Å². The normalized spacial score (nSPS) is 13.9. The minimum absolute atomic E-state index is 0.289. The highest BCUT2D eigenvalue weighted by Gasteiger charge is 2.26. The summed E-state index contributed by atoms with van der Waals surface area (Å²) in [5.41, 5.74) is 2.69. The molecule has 2 aromatic carbocycles. The number of halogens is 2. The number of benzene rings is 2. The van der Waals surface area contributed by atoms with E-state index < -0.39 is 0 Å². The van der Waals surface area contributed by atoms with Crippen LogP contribution in [0.5, 0.6) is 0 Å². The van der Waals surface area contributed by atoms with E-state index in [0.717, 1.165) is 14.8 Å². The van der Waals surface area contributed by atoms with Crippen LogP contribution in [0.1, 0.15) is 11.1 Å². The van der Waals surface area contributed by atoms with E-state index in [1.807, 2.05) is 29.2 Å². The topological polar surface area (TPSA) is 27.1 Å². The van der Waals surface area contributed by atoms with Gasteiger partial charge in [-0.3, -0.25) is 5.41 Å². The number of para-hydroxylation sites is 1. The molecule has 0 saturated carbocycles. The summed E-state index contributed by atoms with van der Waals surface area (Å²) in [6.07, 6.45) is 0. The standard InChI is InChI=1S/C14H10FIN2/c15-10-6-5-9-8-18(14(17)11(9)7-10)13-4-2-1-3-12(13)16/h1-7,17H,8H2. The zero-order valence-corrected chi connectivity index (χ0v) is 11.6. The first-order valence-electron chi connectivity index (χ1n) is 5.56. The average Bonchev–Trinajstić information content (AvgIpc) is 2.68. The van der Waals surface area contributed by atoms with Gasteiger partial charge in [0.1, 0.15) is 11.7 Å². The fourth-order valence-electron chi connectivity index (χ4n) is 2.18. The first-order chi connectivity index (χ1) is 8.66. The van der Waals surface area contributed by atoms with Crippen LogP contribution in [0.25, 0.3) is 0 Å². The lowest BCUT2D eigenvalue weighted by Gasteiger charge is -2.19. The fourth-order valence-corrected chi connectivity index (χ4v) is 2.86. The Kier molecular flexibility index (Phi) is 2.81. The van der Waals surface area contributed by atoms with Crippen LogP contribution in [0, 0.1) is 14.8 Å². The largest absolute Gasteiger partial charge is 0.321 e. The monoisotopic (exact) mass is 352 g/mol. The molecule has 1 aliphatic rings.